The minimum atomic E-state index is -0.248. The first-order valence-corrected chi connectivity index (χ1v) is 10.4. The highest BCUT2D eigenvalue weighted by atomic mass is 32.1. The molecule has 0 radical (unpaired) electrons. The van der Waals surface area contributed by atoms with E-state index in [1.165, 1.54) is 0 Å². The first-order chi connectivity index (χ1) is 13.7. The van der Waals surface area contributed by atoms with Crippen molar-refractivity contribution in [2.24, 2.45) is 5.92 Å². The van der Waals surface area contributed by atoms with Crippen LogP contribution >= 0.6 is 11.3 Å². The number of hydrogen-bond donors (Lipinski definition) is 0. The Morgan fingerprint density at radius 1 is 1.25 bits per heavy atom. The van der Waals surface area contributed by atoms with Gasteiger partial charge in [0.1, 0.15) is 0 Å². The predicted molar refractivity (Wildman–Crippen MR) is 110 cm³/mol. The molecule has 2 aromatic heterocycles. The number of benzene rings is 1. The third-order valence-electron chi connectivity index (χ3n) is 5.05. The maximum Gasteiger partial charge on any atom is 0.310 e. The number of amides is 1. The molecule has 3 heterocycles. The van der Waals surface area contributed by atoms with Crippen molar-refractivity contribution in [1.29, 1.82) is 0 Å². The number of carbonyl (C=O) groups is 2. The summed E-state index contributed by atoms with van der Waals surface area (Å²) in [5.74, 6) is -0.508. The molecule has 28 heavy (non-hydrogen) atoms. The highest BCUT2D eigenvalue weighted by molar-refractivity contribution is 7.13. The van der Waals surface area contributed by atoms with Crippen molar-refractivity contribution in [3.8, 4) is 10.6 Å². The molecule has 0 aliphatic carbocycles. The van der Waals surface area contributed by atoms with Crippen LogP contribution in [0, 0.1) is 5.92 Å². The Morgan fingerprint density at radius 2 is 2.11 bits per heavy atom. The number of thiophene rings is 1. The maximum atomic E-state index is 13.4. The lowest BCUT2D eigenvalue weighted by atomic mass is 9.97. The highest BCUT2D eigenvalue weighted by Gasteiger charge is 2.30. The summed E-state index contributed by atoms with van der Waals surface area (Å²) in [6.45, 7) is 3.23. The monoisotopic (exact) mass is 394 g/mol. The van der Waals surface area contributed by atoms with Crippen molar-refractivity contribution in [2.75, 3.05) is 19.7 Å². The summed E-state index contributed by atoms with van der Waals surface area (Å²) in [6, 6.07) is 13.6. The van der Waals surface area contributed by atoms with Crippen molar-refractivity contribution in [1.82, 2.24) is 9.88 Å². The second kappa shape index (κ2) is 8.10. The van der Waals surface area contributed by atoms with E-state index in [9.17, 15) is 9.59 Å². The van der Waals surface area contributed by atoms with Gasteiger partial charge in [0.05, 0.1) is 34.2 Å². The topological polar surface area (TPSA) is 59.5 Å². The third-order valence-corrected chi connectivity index (χ3v) is 5.94. The fraction of sp³-hybridized carbons (Fsp3) is 0.318. The molecular formula is C22H22N2O3S. The van der Waals surface area contributed by atoms with Crippen molar-refractivity contribution in [3.63, 3.8) is 0 Å². The fourth-order valence-corrected chi connectivity index (χ4v) is 4.37. The van der Waals surface area contributed by atoms with E-state index in [2.05, 4.69) is 0 Å². The van der Waals surface area contributed by atoms with Crippen LogP contribution in [0.3, 0.4) is 0 Å². The van der Waals surface area contributed by atoms with Crippen molar-refractivity contribution < 1.29 is 14.3 Å². The number of pyridine rings is 1. The predicted octanol–water partition coefficient (Wildman–Crippen LogP) is 4.38. The van der Waals surface area contributed by atoms with E-state index in [4.69, 9.17) is 9.72 Å². The zero-order valence-electron chi connectivity index (χ0n) is 15.8. The molecule has 0 bridgehead atoms. The van der Waals surface area contributed by atoms with Crippen LogP contribution in [0.2, 0.25) is 0 Å². The number of likely N-dealkylation sites (tertiary alicyclic amines) is 1. The van der Waals surface area contributed by atoms with Gasteiger partial charge in [0.25, 0.3) is 5.91 Å². The van der Waals surface area contributed by atoms with Crippen LogP contribution in [0.15, 0.2) is 47.8 Å². The van der Waals surface area contributed by atoms with Crippen LogP contribution in [0.5, 0.6) is 0 Å². The van der Waals surface area contributed by atoms with Gasteiger partial charge in [0.2, 0.25) is 0 Å². The minimum absolute atomic E-state index is 0.0506. The van der Waals surface area contributed by atoms with E-state index < -0.39 is 0 Å². The van der Waals surface area contributed by atoms with Crippen LogP contribution in [-0.2, 0) is 9.53 Å². The van der Waals surface area contributed by atoms with Crippen molar-refractivity contribution in [2.45, 2.75) is 19.8 Å². The van der Waals surface area contributed by atoms with Crippen LogP contribution in [0.25, 0.3) is 21.5 Å². The molecule has 1 fully saturated rings. The minimum Gasteiger partial charge on any atom is -0.466 e. The highest BCUT2D eigenvalue weighted by Crippen LogP contribution is 2.29. The molecule has 5 nitrogen and oxygen atoms in total. The van der Waals surface area contributed by atoms with Gasteiger partial charge in [0, 0.05) is 18.5 Å². The number of para-hydroxylation sites is 1. The summed E-state index contributed by atoms with van der Waals surface area (Å²) in [6.07, 6.45) is 1.57. The normalized spacial score (nSPS) is 16.9. The lowest BCUT2D eigenvalue weighted by molar-refractivity contribution is -0.149. The molecule has 0 spiro atoms. The van der Waals surface area contributed by atoms with Gasteiger partial charge in [-0.25, -0.2) is 4.98 Å². The molecule has 1 saturated heterocycles. The summed E-state index contributed by atoms with van der Waals surface area (Å²) < 4.78 is 5.17. The average molecular weight is 394 g/mol. The molecule has 1 aliphatic heterocycles. The van der Waals surface area contributed by atoms with E-state index in [1.807, 2.05) is 47.8 Å². The van der Waals surface area contributed by atoms with E-state index in [0.717, 1.165) is 34.3 Å². The van der Waals surface area contributed by atoms with Crippen LogP contribution in [0.4, 0.5) is 0 Å². The number of esters is 1. The van der Waals surface area contributed by atoms with Gasteiger partial charge in [-0.15, -0.1) is 11.3 Å². The lowest BCUT2D eigenvalue weighted by Gasteiger charge is -2.32. The Balaban J connectivity index is 1.69. The van der Waals surface area contributed by atoms with Gasteiger partial charge in [-0.05, 0) is 43.3 Å². The standard InChI is InChI=1S/C22H22N2O3S/c1-2-27-22(26)15-7-5-11-24(14-15)21(25)17-13-19(20-10-6-12-28-20)23-18-9-4-3-8-16(17)18/h3-4,6,8-10,12-13,15H,2,5,7,11,14H2,1H3/t15-/m0/s1. The zero-order valence-corrected chi connectivity index (χ0v) is 16.6. The number of fused-ring (bicyclic) bond motifs is 1. The van der Waals surface area contributed by atoms with E-state index in [1.54, 1.807) is 23.2 Å². The molecule has 0 saturated carbocycles. The number of aromatic nitrogens is 1. The molecule has 1 amide bonds. The largest absolute Gasteiger partial charge is 0.466 e. The van der Waals surface area contributed by atoms with Gasteiger partial charge >= 0.3 is 5.97 Å². The van der Waals surface area contributed by atoms with E-state index >= 15 is 0 Å². The first kappa shape index (κ1) is 18.6. The van der Waals surface area contributed by atoms with Crippen LogP contribution in [-0.4, -0.2) is 41.5 Å². The van der Waals surface area contributed by atoms with Gasteiger partial charge in [-0.1, -0.05) is 24.3 Å². The smallest absolute Gasteiger partial charge is 0.310 e. The fourth-order valence-electron chi connectivity index (χ4n) is 3.69. The molecule has 1 aromatic carbocycles. The second-order valence-corrected chi connectivity index (χ2v) is 7.84. The quantitative estimate of drug-likeness (QED) is 0.616. The summed E-state index contributed by atoms with van der Waals surface area (Å²) in [5.41, 5.74) is 2.24. The van der Waals surface area contributed by atoms with Crippen molar-refractivity contribution >= 4 is 34.1 Å². The third kappa shape index (κ3) is 3.64. The SMILES string of the molecule is CCOC(=O)[C@H]1CCCN(C(=O)c2cc(-c3cccs3)nc3ccccc23)C1. The molecule has 4 rings (SSSR count). The number of piperidine rings is 1. The Labute approximate surface area is 168 Å². The van der Waals surface area contributed by atoms with Crippen molar-refractivity contribution in [3.05, 3.63) is 53.4 Å². The second-order valence-electron chi connectivity index (χ2n) is 6.89. The summed E-state index contributed by atoms with van der Waals surface area (Å²) in [7, 11) is 0. The summed E-state index contributed by atoms with van der Waals surface area (Å²) in [4.78, 5) is 33.1. The number of rotatable bonds is 4. The number of hydrogen-bond acceptors (Lipinski definition) is 5. The molecule has 3 aromatic rings. The number of ether oxygens (including phenoxy) is 1. The molecule has 0 unspecified atom stereocenters. The van der Waals surface area contributed by atoms with E-state index in [0.29, 0.717) is 25.3 Å². The molecular weight excluding hydrogens is 372 g/mol. The maximum absolute atomic E-state index is 13.4. The first-order valence-electron chi connectivity index (χ1n) is 9.57. The molecule has 6 heteroatoms. The summed E-state index contributed by atoms with van der Waals surface area (Å²) >= 11 is 1.60. The van der Waals surface area contributed by atoms with Gasteiger partial charge in [-0.2, -0.15) is 0 Å². The lowest BCUT2D eigenvalue weighted by Crippen LogP contribution is -2.42. The van der Waals surface area contributed by atoms with Gasteiger partial charge in [-0.3, -0.25) is 9.59 Å². The molecule has 1 aliphatic rings. The van der Waals surface area contributed by atoms with Gasteiger partial charge < -0.3 is 9.64 Å². The summed E-state index contributed by atoms with van der Waals surface area (Å²) in [5, 5.41) is 2.84. The average Bonchev–Trinajstić information content (AvgIpc) is 3.28. The molecule has 0 N–H and O–H groups in total. The Hall–Kier alpha value is -2.73. The van der Waals surface area contributed by atoms with Crippen LogP contribution in [0.1, 0.15) is 30.1 Å². The molecule has 1 atom stereocenters. The Morgan fingerprint density at radius 3 is 2.89 bits per heavy atom. The Bertz CT molecular complexity index is 1000. The number of nitrogens with zero attached hydrogens (tertiary/aromatic N) is 2. The van der Waals surface area contributed by atoms with E-state index in [-0.39, 0.29) is 17.8 Å². The number of carbonyl (C=O) groups excluding carboxylic acids is 2. The zero-order chi connectivity index (χ0) is 19.5. The van der Waals surface area contributed by atoms with Gasteiger partial charge in [0.15, 0.2) is 0 Å². The Kier molecular flexibility index (Phi) is 5.39. The van der Waals surface area contributed by atoms with Crippen LogP contribution < -0.4 is 0 Å². The molecule has 144 valence electrons.